The van der Waals surface area contributed by atoms with Crippen molar-refractivity contribution < 1.29 is 38.3 Å². The number of ether oxygens (including phenoxy) is 6. The monoisotopic (exact) mass is 507 g/mol. The van der Waals surface area contributed by atoms with Crippen molar-refractivity contribution in [1.82, 2.24) is 4.90 Å². The fraction of sp³-hybridized carbons (Fsp3) is 0.963. The maximum absolute atomic E-state index is 13.4. The van der Waals surface area contributed by atoms with Crippen molar-refractivity contribution in [3.63, 3.8) is 0 Å². The fourth-order valence-electron chi connectivity index (χ4n) is 11.7. The molecule has 7 rings (SSSR count). The highest BCUT2D eigenvalue weighted by molar-refractivity contribution is 5.67. The van der Waals surface area contributed by atoms with Crippen molar-refractivity contribution in [2.75, 3.05) is 41.2 Å². The maximum atomic E-state index is 13.4. The van der Waals surface area contributed by atoms with Gasteiger partial charge in [0.05, 0.1) is 35.4 Å². The number of piperidine rings is 1. The smallest absolute Gasteiger partial charge is 0.303 e. The van der Waals surface area contributed by atoms with Gasteiger partial charge >= 0.3 is 5.97 Å². The first-order valence-electron chi connectivity index (χ1n) is 13.7. The van der Waals surface area contributed by atoms with Crippen LogP contribution in [0, 0.1) is 28.6 Å². The number of carbonyl (C=O) groups is 1. The molecular weight excluding hydrogens is 466 g/mol. The lowest BCUT2D eigenvalue weighted by atomic mass is 9.41. The second kappa shape index (κ2) is 7.23. The van der Waals surface area contributed by atoms with Crippen molar-refractivity contribution in [2.45, 2.75) is 93.7 Å². The molecule has 7 aliphatic rings. The molecule has 1 N–H and O–H groups in total. The molecule has 7 bridgehead atoms. The summed E-state index contributed by atoms with van der Waals surface area (Å²) in [6, 6.07) is -0.224. The van der Waals surface area contributed by atoms with E-state index in [-0.39, 0.29) is 60.3 Å². The Morgan fingerprint density at radius 3 is 2.53 bits per heavy atom. The number of fused-ring (bicyclic) bond motifs is 1. The molecule has 9 nitrogen and oxygen atoms in total. The van der Waals surface area contributed by atoms with E-state index in [1.807, 2.05) is 0 Å². The number of hydrogen-bond donors (Lipinski definition) is 1. The maximum Gasteiger partial charge on any atom is 0.303 e. The minimum absolute atomic E-state index is 0.0317. The van der Waals surface area contributed by atoms with Crippen molar-refractivity contribution in [3.8, 4) is 0 Å². The van der Waals surface area contributed by atoms with E-state index in [1.54, 1.807) is 21.3 Å². The van der Waals surface area contributed by atoms with Crippen LogP contribution >= 0.6 is 0 Å². The number of nitrogens with zero attached hydrogens (tertiary/aromatic N) is 1. The van der Waals surface area contributed by atoms with Gasteiger partial charge in [0.1, 0.15) is 18.5 Å². The summed E-state index contributed by atoms with van der Waals surface area (Å²) in [4.78, 5) is 15.3. The zero-order chi connectivity index (χ0) is 25.5. The second-order valence-electron chi connectivity index (χ2n) is 12.9. The van der Waals surface area contributed by atoms with Gasteiger partial charge in [-0.15, -0.1) is 0 Å². The lowest BCUT2D eigenvalue weighted by Gasteiger charge is -2.71. The molecule has 3 spiro atoms. The van der Waals surface area contributed by atoms with E-state index in [9.17, 15) is 9.90 Å². The second-order valence-corrected chi connectivity index (χ2v) is 12.9. The lowest BCUT2D eigenvalue weighted by Crippen LogP contribution is -2.85. The Bertz CT molecular complexity index is 979. The van der Waals surface area contributed by atoms with Crippen molar-refractivity contribution in [2.24, 2.45) is 28.6 Å². The van der Waals surface area contributed by atoms with Crippen LogP contribution in [0.15, 0.2) is 0 Å². The third kappa shape index (κ3) is 2.16. The van der Waals surface area contributed by atoms with Crippen molar-refractivity contribution in [3.05, 3.63) is 0 Å². The number of hydrogen-bond acceptors (Lipinski definition) is 9. The molecular formula is C27H41NO8. The van der Waals surface area contributed by atoms with Crippen molar-refractivity contribution in [1.29, 1.82) is 0 Å². The highest BCUT2D eigenvalue weighted by atomic mass is 16.7. The highest BCUT2D eigenvalue weighted by Gasteiger charge is 2.97. The lowest BCUT2D eigenvalue weighted by molar-refractivity contribution is -0.332. The predicted molar refractivity (Wildman–Crippen MR) is 126 cm³/mol. The van der Waals surface area contributed by atoms with E-state index in [0.29, 0.717) is 12.8 Å². The van der Waals surface area contributed by atoms with Crippen LogP contribution in [0.3, 0.4) is 0 Å². The highest BCUT2D eigenvalue weighted by Crippen LogP contribution is 2.83. The number of methoxy groups -OCH3 is 3. The number of aliphatic hydroxyl groups is 1. The molecule has 0 aromatic rings. The van der Waals surface area contributed by atoms with E-state index < -0.39 is 28.3 Å². The van der Waals surface area contributed by atoms with Crippen LogP contribution in [0.1, 0.15) is 46.5 Å². The molecule has 13 atom stereocenters. The summed E-state index contributed by atoms with van der Waals surface area (Å²) in [5, 5.41) is 13.4. The molecule has 2 aliphatic heterocycles. The molecule has 0 amide bonds. The zero-order valence-corrected chi connectivity index (χ0v) is 22.3. The molecule has 5 saturated carbocycles. The van der Waals surface area contributed by atoms with Gasteiger partial charge in [0.25, 0.3) is 0 Å². The minimum atomic E-state index is -1.16. The molecule has 0 aromatic heterocycles. The summed E-state index contributed by atoms with van der Waals surface area (Å²) >= 11 is 0. The van der Waals surface area contributed by atoms with E-state index in [0.717, 1.165) is 25.9 Å². The van der Waals surface area contributed by atoms with Crippen LogP contribution in [0.4, 0.5) is 0 Å². The number of esters is 1. The normalized spacial score (nSPS) is 60.2. The topological polar surface area (TPSA) is 95.9 Å². The molecule has 5 aliphatic carbocycles. The number of carbonyl (C=O) groups excluding carboxylic acids is 1. The van der Waals surface area contributed by atoms with Gasteiger partial charge in [-0.1, -0.05) is 13.8 Å². The summed E-state index contributed by atoms with van der Waals surface area (Å²) < 4.78 is 38.7. The van der Waals surface area contributed by atoms with Crippen molar-refractivity contribution >= 4 is 5.97 Å². The summed E-state index contributed by atoms with van der Waals surface area (Å²) in [5.41, 5.74) is -3.94. The number of likely N-dealkylation sites (N-methyl/N-ethyl adjacent to an activating group) is 1. The quantitative estimate of drug-likeness (QED) is 0.553. The first kappa shape index (κ1) is 24.2. The van der Waals surface area contributed by atoms with E-state index in [1.165, 1.54) is 6.92 Å². The van der Waals surface area contributed by atoms with Gasteiger partial charge in [0.2, 0.25) is 0 Å². The average Bonchev–Trinajstić information content (AvgIpc) is 3.40. The van der Waals surface area contributed by atoms with E-state index >= 15 is 0 Å². The average molecular weight is 508 g/mol. The molecule has 9 heteroatoms. The standard InChI is InChI=1S/C27H41NO8/c1-7-28-12-23(3)9-8-17(32-5)26-20(23)21(36-14(2)29)27(22(26)28)25(34-13-35-27)11-16(31-4)15-10-24(26,30)19(25)18(15)33-6/h15-22,30H,7-13H2,1-6H3/t15?,16-,17-,18?,19?,20?,21?,22-,23-,24-,25+,26+,27?/m0/s1. The van der Waals surface area contributed by atoms with Gasteiger partial charge in [-0.2, -0.15) is 0 Å². The molecule has 36 heavy (non-hydrogen) atoms. The Labute approximate surface area is 213 Å². The summed E-state index contributed by atoms with van der Waals surface area (Å²) in [7, 11) is 5.23. The third-order valence-electron chi connectivity index (χ3n) is 12.2. The number of likely N-dealkylation sites (tertiary alicyclic amines) is 1. The van der Waals surface area contributed by atoms with Gasteiger partial charge in [-0.05, 0) is 31.2 Å². The van der Waals surface area contributed by atoms with Gasteiger partial charge in [0, 0.05) is 59.0 Å². The summed E-state index contributed by atoms with van der Waals surface area (Å²) in [6.45, 7) is 7.72. The molecule has 0 aromatic carbocycles. The molecule has 6 unspecified atom stereocenters. The van der Waals surface area contributed by atoms with Crippen LogP contribution in [0.25, 0.3) is 0 Å². The van der Waals surface area contributed by atoms with Crippen LogP contribution in [-0.2, 0) is 33.2 Å². The van der Waals surface area contributed by atoms with Gasteiger partial charge in [-0.3, -0.25) is 9.69 Å². The summed E-state index contributed by atoms with van der Waals surface area (Å²) in [6.07, 6.45) is 1.69. The minimum Gasteiger partial charge on any atom is -0.459 e. The Balaban J connectivity index is 1.61. The number of rotatable bonds is 5. The largest absolute Gasteiger partial charge is 0.459 e. The van der Waals surface area contributed by atoms with Gasteiger partial charge in [0.15, 0.2) is 5.60 Å². The molecule has 2 saturated heterocycles. The Morgan fingerprint density at radius 1 is 1.11 bits per heavy atom. The molecule has 7 fully saturated rings. The van der Waals surface area contributed by atoms with E-state index in [4.69, 9.17) is 28.4 Å². The van der Waals surface area contributed by atoms with Crippen LogP contribution < -0.4 is 0 Å². The Hall–Kier alpha value is -0.810. The van der Waals surface area contributed by atoms with E-state index in [2.05, 4.69) is 18.7 Å². The Morgan fingerprint density at radius 2 is 1.89 bits per heavy atom. The van der Waals surface area contributed by atoms with Crippen LogP contribution in [0.2, 0.25) is 0 Å². The Kier molecular flexibility index (Phi) is 4.87. The molecule has 0 radical (unpaired) electrons. The SMILES string of the molecule is CCN1C[C@]2(C)CC[C@H](OC)[C@]34C2C(OC(C)=O)C2(OCO[C@@]25C[C@H](OC)C2C[C@]3(O)C5C2OC)[C@@H]14. The van der Waals surface area contributed by atoms with Crippen LogP contribution in [0.5, 0.6) is 0 Å². The molecule has 2 heterocycles. The predicted octanol–water partition coefficient (Wildman–Crippen LogP) is 1.35. The fourth-order valence-corrected chi connectivity index (χ4v) is 11.7. The van der Waals surface area contributed by atoms with Gasteiger partial charge in [-0.25, -0.2) is 0 Å². The first-order valence-corrected chi connectivity index (χ1v) is 13.7. The van der Waals surface area contributed by atoms with Gasteiger partial charge < -0.3 is 33.5 Å². The molecule has 202 valence electrons. The third-order valence-corrected chi connectivity index (χ3v) is 12.2. The van der Waals surface area contributed by atoms with Crippen LogP contribution in [-0.4, -0.2) is 104 Å². The first-order chi connectivity index (χ1) is 17.2. The summed E-state index contributed by atoms with van der Waals surface area (Å²) in [5.74, 6) is -0.771. The zero-order valence-electron chi connectivity index (χ0n) is 22.3.